The van der Waals surface area contributed by atoms with Gasteiger partial charge in [0.15, 0.2) is 11.5 Å². The number of nitrogens with zero attached hydrogens (tertiary/aromatic N) is 4. The van der Waals surface area contributed by atoms with Crippen LogP contribution in [0.2, 0.25) is 5.28 Å². The van der Waals surface area contributed by atoms with Crippen LogP contribution in [0.5, 0.6) is 0 Å². The van der Waals surface area contributed by atoms with Gasteiger partial charge in [-0.2, -0.15) is 4.98 Å². The molecule has 1 aromatic carbocycles. The maximum Gasteiger partial charge on any atom is 0.295 e. The highest BCUT2D eigenvalue weighted by molar-refractivity contribution is 7.92. The Kier molecular flexibility index (Phi) is 6.42. The molecule has 8 nitrogen and oxygen atoms in total. The van der Waals surface area contributed by atoms with Crippen LogP contribution in [-0.2, 0) is 16.3 Å². The van der Waals surface area contributed by atoms with E-state index < -0.39 is 9.73 Å². The molecule has 0 aliphatic rings. The van der Waals surface area contributed by atoms with Crippen LogP contribution in [0.25, 0.3) is 11.2 Å². The van der Waals surface area contributed by atoms with Gasteiger partial charge in [0, 0.05) is 23.2 Å². The van der Waals surface area contributed by atoms with Crippen molar-refractivity contribution in [2.75, 3.05) is 11.1 Å². The summed E-state index contributed by atoms with van der Waals surface area (Å²) in [7, 11) is -2.75. The average Bonchev–Trinajstić information content (AvgIpc) is 2.72. The van der Waals surface area contributed by atoms with E-state index in [0.29, 0.717) is 28.3 Å². The topological polar surface area (TPSA) is 114 Å². The van der Waals surface area contributed by atoms with E-state index in [4.69, 9.17) is 16.4 Å². The highest BCUT2D eigenvalue weighted by Crippen LogP contribution is 2.21. The monoisotopic (exact) mass is 448 g/mol. The predicted octanol–water partition coefficient (Wildman–Crippen LogP) is 4.16. The van der Waals surface area contributed by atoms with Crippen LogP contribution in [0.4, 0.5) is 5.82 Å². The lowest BCUT2D eigenvalue weighted by atomic mass is 10.2. The average molecular weight is 449 g/mol. The Bertz CT molecular complexity index is 1240. The zero-order valence-electron chi connectivity index (χ0n) is 17.4. The number of nitrogens with one attached hydrogen (secondary N) is 2. The number of fused-ring (bicyclic) bond motifs is 1. The van der Waals surface area contributed by atoms with E-state index >= 15 is 0 Å². The number of aromatic nitrogens is 4. The van der Waals surface area contributed by atoms with E-state index in [1.165, 1.54) is 0 Å². The zero-order chi connectivity index (χ0) is 22.1. The fraction of sp³-hybridized carbons (Fsp3) is 0.400. The van der Waals surface area contributed by atoms with Gasteiger partial charge in [-0.25, -0.2) is 19.0 Å². The van der Waals surface area contributed by atoms with Crippen LogP contribution >= 0.6 is 11.6 Å². The molecule has 30 heavy (non-hydrogen) atoms. The number of anilines is 1. The van der Waals surface area contributed by atoms with E-state index in [9.17, 15) is 9.00 Å². The third-order valence-corrected chi connectivity index (χ3v) is 7.10. The molecule has 1 unspecified atom stereocenters. The first-order valence-corrected chi connectivity index (χ1v) is 11.8. The highest BCUT2D eigenvalue weighted by Gasteiger charge is 2.18. The first kappa shape index (κ1) is 22.2. The Labute approximate surface area is 180 Å². The second-order valence-corrected chi connectivity index (χ2v) is 9.84. The summed E-state index contributed by atoms with van der Waals surface area (Å²) in [4.78, 5) is 26.5. The molecule has 0 radical (unpaired) electrons. The number of halogens is 1. The van der Waals surface area contributed by atoms with Crippen molar-refractivity contribution in [2.45, 2.75) is 51.6 Å². The summed E-state index contributed by atoms with van der Waals surface area (Å²) in [6.07, 6.45) is 0.740. The molecule has 3 aromatic rings. The summed E-state index contributed by atoms with van der Waals surface area (Å²) >= 11 is 6.02. The summed E-state index contributed by atoms with van der Waals surface area (Å²) in [5.41, 5.74) is 2.15. The van der Waals surface area contributed by atoms with Crippen molar-refractivity contribution in [1.29, 1.82) is 4.78 Å². The van der Waals surface area contributed by atoms with Crippen molar-refractivity contribution in [1.82, 2.24) is 19.5 Å². The molecule has 0 saturated carbocycles. The largest absolute Gasteiger partial charge is 0.361 e. The molecule has 3 rings (SSSR count). The molecule has 0 aliphatic heterocycles. The lowest BCUT2D eigenvalue weighted by molar-refractivity contribution is 0.526. The molecule has 2 atom stereocenters. The van der Waals surface area contributed by atoms with Gasteiger partial charge in [-0.05, 0) is 49.6 Å². The molecule has 0 aliphatic carbocycles. The minimum atomic E-state index is -2.75. The second-order valence-electron chi connectivity index (χ2n) is 7.10. The van der Waals surface area contributed by atoms with Crippen molar-refractivity contribution >= 4 is 38.3 Å². The van der Waals surface area contributed by atoms with Crippen LogP contribution < -0.4 is 10.9 Å². The Morgan fingerprint density at radius 1 is 1.20 bits per heavy atom. The van der Waals surface area contributed by atoms with E-state index in [1.54, 1.807) is 42.7 Å². The number of aryl methyl sites for hydroxylation is 1. The van der Waals surface area contributed by atoms with E-state index in [1.807, 2.05) is 13.8 Å². The standard InChI is InChI=1S/C20H25ClN6O2S/c1-5-12(3)27-18-16(13(4)24-20(21)26-18)25-17(19(27)28)23-11-14-7-9-15(10-8-14)30(22,29)6-2/h7-10,12,22H,5-6,11H2,1-4H3,(H,23,25)/t12-,30?/m1/s1. The van der Waals surface area contributed by atoms with Crippen LogP contribution in [-0.4, -0.2) is 29.5 Å². The van der Waals surface area contributed by atoms with Gasteiger partial charge in [0.2, 0.25) is 5.28 Å². The van der Waals surface area contributed by atoms with Crippen molar-refractivity contribution in [3.8, 4) is 0 Å². The molecule has 0 spiro atoms. The molecule has 0 amide bonds. The molecule has 2 aromatic heterocycles. The van der Waals surface area contributed by atoms with Crippen molar-refractivity contribution in [3.63, 3.8) is 0 Å². The SMILES string of the molecule is CC[C@@H](C)n1c(=O)c(NCc2ccc(S(=N)(=O)CC)cc2)nc2c(C)nc(Cl)nc21. The van der Waals surface area contributed by atoms with Crippen LogP contribution in [0.3, 0.4) is 0 Å². The summed E-state index contributed by atoms with van der Waals surface area (Å²) in [5, 5.41) is 3.18. The summed E-state index contributed by atoms with van der Waals surface area (Å²) < 4.78 is 21.7. The lowest BCUT2D eigenvalue weighted by Gasteiger charge is -2.18. The van der Waals surface area contributed by atoms with Gasteiger partial charge in [-0.1, -0.05) is 26.0 Å². The van der Waals surface area contributed by atoms with Gasteiger partial charge in [0.1, 0.15) is 5.52 Å². The minimum absolute atomic E-state index is 0.0807. The van der Waals surface area contributed by atoms with Crippen LogP contribution in [0.15, 0.2) is 34.0 Å². The van der Waals surface area contributed by atoms with E-state index in [0.717, 1.165) is 12.0 Å². The molecule has 160 valence electrons. The van der Waals surface area contributed by atoms with Gasteiger partial charge >= 0.3 is 0 Å². The van der Waals surface area contributed by atoms with Gasteiger partial charge < -0.3 is 5.32 Å². The van der Waals surface area contributed by atoms with Crippen molar-refractivity contribution < 1.29 is 4.21 Å². The molecule has 0 saturated heterocycles. The number of hydrogen-bond acceptors (Lipinski definition) is 7. The van der Waals surface area contributed by atoms with Gasteiger partial charge in [-0.15, -0.1) is 0 Å². The third kappa shape index (κ3) is 4.32. The number of benzene rings is 1. The smallest absolute Gasteiger partial charge is 0.295 e. The van der Waals surface area contributed by atoms with E-state index in [2.05, 4.69) is 20.3 Å². The summed E-state index contributed by atoms with van der Waals surface area (Å²) in [6.45, 7) is 7.81. The quantitative estimate of drug-likeness (QED) is 0.524. The molecule has 0 bridgehead atoms. The molecule has 2 N–H and O–H groups in total. The second kappa shape index (κ2) is 8.69. The highest BCUT2D eigenvalue weighted by atomic mass is 35.5. The molecular formula is C20H25ClN6O2S. The van der Waals surface area contributed by atoms with Crippen molar-refractivity contribution in [3.05, 3.63) is 51.2 Å². The zero-order valence-corrected chi connectivity index (χ0v) is 19.0. The Morgan fingerprint density at radius 2 is 1.87 bits per heavy atom. The van der Waals surface area contributed by atoms with Gasteiger partial charge in [0.05, 0.1) is 15.4 Å². The normalized spacial score (nSPS) is 14.4. The lowest BCUT2D eigenvalue weighted by Crippen LogP contribution is -2.28. The number of rotatable bonds is 7. The molecule has 0 fully saturated rings. The number of hydrogen-bond donors (Lipinski definition) is 2. The van der Waals surface area contributed by atoms with E-state index in [-0.39, 0.29) is 28.5 Å². The summed E-state index contributed by atoms with van der Waals surface area (Å²) in [6, 6.07) is 6.90. The third-order valence-electron chi connectivity index (χ3n) is 5.09. The minimum Gasteiger partial charge on any atom is -0.361 e. The maximum atomic E-state index is 13.1. The first-order chi connectivity index (χ1) is 14.2. The fourth-order valence-electron chi connectivity index (χ4n) is 3.07. The Balaban J connectivity index is 1.99. The van der Waals surface area contributed by atoms with Gasteiger partial charge in [0.25, 0.3) is 5.56 Å². The van der Waals surface area contributed by atoms with Crippen LogP contribution in [0.1, 0.15) is 44.5 Å². The maximum absolute atomic E-state index is 13.1. The Morgan fingerprint density at radius 3 is 2.47 bits per heavy atom. The Hall–Kier alpha value is -2.52. The first-order valence-electron chi connectivity index (χ1n) is 9.73. The summed E-state index contributed by atoms with van der Waals surface area (Å²) in [5.74, 6) is 0.477. The molecular weight excluding hydrogens is 424 g/mol. The fourth-order valence-corrected chi connectivity index (χ4v) is 4.19. The molecule has 10 heteroatoms. The van der Waals surface area contributed by atoms with Crippen LogP contribution in [0, 0.1) is 11.7 Å². The van der Waals surface area contributed by atoms with Crippen molar-refractivity contribution in [2.24, 2.45) is 0 Å². The molecule has 2 heterocycles. The van der Waals surface area contributed by atoms with Gasteiger partial charge in [-0.3, -0.25) is 9.36 Å². The predicted molar refractivity (Wildman–Crippen MR) is 120 cm³/mol.